The highest BCUT2D eigenvalue weighted by Gasteiger charge is 2.18. The molecule has 0 aliphatic carbocycles. The van der Waals surface area contributed by atoms with Crippen LogP contribution in [0.4, 0.5) is 0 Å². The molecule has 0 aliphatic rings. The van der Waals surface area contributed by atoms with E-state index in [9.17, 15) is 0 Å². The van der Waals surface area contributed by atoms with Gasteiger partial charge in [-0.1, -0.05) is 57.3 Å². The lowest BCUT2D eigenvalue weighted by molar-refractivity contribution is 1.14. The Hall–Kier alpha value is 0.270. The fourth-order valence-corrected chi connectivity index (χ4v) is 4.03. The number of alkyl halides is 1. The molecule has 0 amide bonds. The van der Waals surface area contributed by atoms with Gasteiger partial charge in [0, 0.05) is 10.0 Å². The second-order valence-electron chi connectivity index (χ2n) is 3.16. The normalized spacial score (nSPS) is 12.8. The van der Waals surface area contributed by atoms with Gasteiger partial charge in [0.2, 0.25) is 0 Å². The summed E-state index contributed by atoms with van der Waals surface area (Å²) in [7, 11) is 0. The highest BCUT2D eigenvalue weighted by molar-refractivity contribution is 9.10. The first-order valence-corrected chi connectivity index (χ1v) is 7.23. The fourth-order valence-electron chi connectivity index (χ4n) is 1.37. The first-order valence-electron chi connectivity index (χ1n) is 4.43. The smallest absolute Gasteiger partial charge is 0.0994 e. The van der Waals surface area contributed by atoms with Crippen molar-refractivity contribution in [2.45, 2.75) is 5.38 Å². The average molecular weight is 356 g/mol. The van der Waals surface area contributed by atoms with Crippen molar-refractivity contribution in [1.29, 1.82) is 0 Å². The van der Waals surface area contributed by atoms with Crippen LogP contribution < -0.4 is 0 Å². The molecule has 2 rings (SSSR count). The minimum atomic E-state index is -0.285. The van der Waals surface area contributed by atoms with Gasteiger partial charge in [-0.25, -0.2) is 0 Å². The third-order valence-corrected chi connectivity index (χ3v) is 4.84. The third kappa shape index (κ3) is 2.57. The summed E-state index contributed by atoms with van der Waals surface area (Å²) in [5.41, 5.74) is 1.84. The molecule has 1 heterocycles. The molecule has 0 spiro atoms. The van der Waals surface area contributed by atoms with Gasteiger partial charge in [0.25, 0.3) is 0 Å². The van der Waals surface area contributed by atoms with Crippen LogP contribution in [0.5, 0.6) is 0 Å². The summed E-state index contributed by atoms with van der Waals surface area (Å²) in [5, 5.41) is -0.285. The molecule has 0 nitrogen and oxygen atoms in total. The van der Waals surface area contributed by atoms with Gasteiger partial charge in [0.1, 0.15) is 0 Å². The van der Waals surface area contributed by atoms with Crippen LogP contribution in [0.25, 0.3) is 0 Å². The van der Waals surface area contributed by atoms with E-state index in [1.807, 2.05) is 30.3 Å². The molecule has 0 radical (unpaired) electrons. The van der Waals surface area contributed by atoms with Gasteiger partial charge >= 0.3 is 0 Å². The zero-order valence-corrected chi connectivity index (χ0v) is 12.6. The number of hydrogen-bond donors (Lipinski definition) is 0. The average Bonchev–Trinajstić information content (AvgIpc) is 2.58. The summed E-state index contributed by atoms with van der Waals surface area (Å²) >= 11 is 23.2. The maximum absolute atomic E-state index is 6.39. The van der Waals surface area contributed by atoms with Gasteiger partial charge in [0.05, 0.1) is 14.0 Å². The molecule has 0 aliphatic heterocycles. The van der Waals surface area contributed by atoms with E-state index in [2.05, 4.69) is 15.9 Å². The van der Waals surface area contributed by atoms with Gasteiger partial charge < -0.3 is 0 Å². The Bertz CT molecular complexity index is 510. The van der Waals surface area contributed by atoms with Crippen molar-refractivity contribution in [2.75, 3.05) is 0 Å². The predicted molar refractivity (Wildman–Crippen MR) is 76.2 cm³/mol. The Kier molecular flexibility index (Phi) is 4.20. The molecule has 5 heteroatoms. The Morgan fingerprint density at radius 1 is 1.12 bits per heavy atom. The largest absolute Gasteiger partial charge is 0.112 e. The number of hydrogen-bond acceptors (Lipinski definition) is 1. The predicted octanol–water partition coefficient (Wildman–Crippen LogP) is 6.15. The molecule has 84 valence electrons. The van der Waals surface area contributed by atoms with Crippen LogP contribution in [0.3, 0.4) is 0 Å². The van der Waals surface area contributed by atoms with E-state index in [4.69, 9.17) is 34.8 Å². The third-order valence-electron chi connectivity index (χ3n) is 2.13. The summed E-state index contributed by atoms with van der Waals surface area (Å²) in [4.78, 5) is 0. The zero-order valence-electron chi connectivity index (χ0n) is 7.88. The van der Waals surface area contributed by atoms with E-state index in [-0.39, 0.29) is 5.38 Å². The van der Waals surface area contributed by atoms with Gasteiger partial charge in [-0.15, -0.1) is 22.9 Å². The Morgan fingerprint density at radius 2 is 1.81 bits per heavy atom. The van der Waals surface area contributed by atoms with E-state index in [1.54, 1.807) is 0 Å². The molecular formula is C11H6BrCl3S. The molecule has 1 aromatic heterocycles. The van der Waals surface area contributed by atoms with E-state index < -0.39 is 0 Å². The molecule has 1 aromatic carbocycles. The lowest BCUT2D eigenvalue weighted by Gasteiger charge is -2.10. The van der Waals surface area contributed by atoms with Crippen LogP contribution >= 0.6 is 62.1 Å². The zero-order chi connectivity index (χ0) is 11.7. The maximum atomic E-state index is 6.39. The molecule has 1 unspecified atom stereocenters. The maximum Gasteiger partial charge on any atom is 0.0994 e. The molecule has 0 saturated carbocycles. The standard InChI is InChI=1S/C11H6BrCl3S/c12-8-4-2-1-3-6(8)10(14)7-5-9(13)16-11(7)15/h1-5,10H. The SMILES string of the molecule is Clc1cc(C(Cl)c2ccccc2Br)c(Cl)s1. The summed E-state index contributed by atoms with van der Waals surface area (Å²) in [6, 6.07) is 9.61. The minimum Gasteiger partial charge on any atom is -0.112 e. The van der Waals surface area contributed by atoms with E-state index in [1.165, 1.54) is 11.3 Å². The van der Waals surface area contributed by atoms with Crippen molar-refractivity contribution in [3.63, 3.8) is 0 Å². The van der Waals surface area contributed by atoms with Crippen molar-refractivity contribution >= 4 is 62.1 Å². The molecule has 0 N–H and O–H groups in total. The summed E-state index contributed by atoms with van der Waals surface area (Å²) in [5.74, 6) is 0. The van der Waals surface area contributed by atoms with Crippen LogP contribution in [0.1, 0.15) is 16.5 Å². The summed E-state index contributed by atoms with van der Waals surface area (Å²) in [6.07, 6.45) is 0. The van der Waals surface area contributed by atoms with Crippen LogP contribution in [-0.2, 0) is 0 Å². The first-order chi connectivity index (χ1) is 7.59. The second kappa shape index (κ2) is 5.28. The van der Waals surface area contributed by atoms with Gasteiger partial charge in [-0.05, 0) is 17.7 Å². The van der Waals surface area contributed by atoms with Crippen LogP contribution in [0.15, 0.2) is 34.8 Å². The number of rotatable bonds is 2. The van der Waals surface area contributed by atoms with Gasteiger partial charge in [-0.3, -0.25) is 0 Å². The molecule has 0 fully saturated rings. The summed E-state index contributed by atoms with van der Waals surface area (Å²) in [6.45, 7) is 0. The molecule has 16 heavy (non-hydrogen) atoms. The van der Waals surface area contributed by atoms with E-state index in [0.29, 0.717) is 8.67 Å². The highest BCUT2D eigenvalue weighted by atomic mass is 79.9. The van der Waals surface area contributed by atoms with Crippen LogP contribution in [-0.4, -0.2) is 0 Å². The molecule has 0 bridgehead atoms. The number of thiophene rings is 1. The van der Waals surface area contributed by atoms with Crippen LogP contribution in [0, 0.1) is 0 Å². The lowest BCUT2D eigenvalue weighted by atomic mass is 10.1. The molecule has 2 aromatic rings. The number of halogens is 4. The van der Waals surface area contributed by atoms with E-state index >= 15 is 0 Å². The quantitative estimate of drug-likeness (QED) is 0.567. The Balaban J connectivity index is 2.43. The van der Waals surface area contributed by atoms with Crippen molar-refractivity contribution in [3.05, 3.63) is 54.6 Å². The first kappa shape index (κ1) is 12.7. The Morgan fingerprint density at radius 3 is 2.38 bits per heavy atom. The minimum absolute atomic E-state index is 0.285. The second-order valence-corrected chi connectivity index (χ2v) is 6.74. The molecule has 0 saturated heterocycles. The Labute approximate surface area is 121 Å². The lowest BCUT2D eigenvalue weighted by Crippen LogP contribution is -1.92. The van der Waals surface area contributed by atoms with Crippen molar-refractivity contribution in [2.24, 2.45) is 0 Å². The summed E-state index contributed by atoms with van der Waals surface area (Å²) < 4.78 is 2.26. The van der Waals surface area contributed by atoms with Crippen molar-refractivity contribution in [3.8, 4) is 0 Å². The molecule has 1 atom stereocenters. The van der Waals surface area contributed by atoms with Crippen molar-refractivity contribution < 1.29 is 0 Å². The topological polar surface area (TPSA) is 0 Å². The van der Waals surface area contributed by atoms with Gasteiger partial charge in [-0.2, -0.15) is 0 Å². The van der Waals surface area contributed by atoms with E-state index in [0.717, 1.165) is 15.6 Å². The monoisotopic (exact) mass is 354 g/mol. The highest BCUT2D eigenvalue weighted by Crippen LogP contribution is 2.42. The number of benzene rings is 1. The van der Waals surface area contributed by atoms with Crippen molar-refractivity contribution in [1.82, 2.24) is 0 Å². The fraction of sp³-hybridized carbons (Fsp3) is 0.0909. The molecular weight excluding hydrogens is 350 g/mol. The van der Waals surface area contributed by atoms with Crippen LogP contribution in [0.2, 0.25) is 8.67 Å². The van der Waals surface area contributed by atoms with Gasteiger partial charge in [0.15, 0.2) is 0 Å².